The third kappa shape index (κ3) is 3.78. The molecular formula is C18H26N4. The van der Waals surface area contributed by atoms with Crippen LogP contribution in [0.25, 0.3) is 0 Å². The van der Waals surface area contributed by atoms with Crippen molar-refractivity contribution in [2.45, 2.75) is 38.5 Å². The normalized spacial score (nSPS) is 23.8. The number of piperidine rings is 1. The zero-order valence-corrected chi connectivity index (χ0v) is 13.4. The Balaban J connectivity index is 1.62. The summed E-state index contributed by atoms with van der Waals surface area (Å²) < 4.78 is 0. The van der Waals surface area contributed by atoms with E-state index in [0.717, 1.165) is 18.9 Å². The first-order chi connectivity index (χ1) is 10.9. The molecule has 0 aliphatic carbocycles. The van der Waals surface area contributed by atoms with E-state index in [0.29, 0.717) is 11.5 Å². The lowest BCUT2D eigenvalue weighted by Crippen LogP contribution is -2.42. The van der Waals surface area contributed by atoms with Crippen LogP contribution < -0.4 is 4.90 Å². The van der Waals surface area contributed by atoms with Crippen LogP contribution in [0.15, 0.2) is 18.3 Å². The van der Waals surface area contributed by atoms with Crippen LogP contribution in [0, 0.1) is 17.2 Å². The summed E-state index contributed by atoms with van der Waals surface area (Å²) in [4.78, 5) is 9.44. The zero-order chi connectivity index (χ0) is 15.2. The Hall–Kier alpha value is -1.60. The summed E-state index contributed by atoms with van der Waals surface area (Å²) >= 11 is 0. The van der Waals surface area contributed by atoms with Gasteiger partial charge in [0.15, 0.2) is 0 Å². The summed E-state index contributed by atoms with van der Waals surface area (Å²) in [5, 5.41) is 9.28. The van der Waals surface area contributed by atoms with Crippen molar-refractivity contribution in [3.8, 4) is 6.07 Å². The molecule has 2 aliphatic heterocycles. The van der Waals surface area contributed by atoms with Crippen molar-refractivity contribution in [2.24, 2.45) is 5.92 Å². The molecule has 1 aromatic heterocycles. The first kappa shape index (κ1) is 15.3. The molecule has 2 aliphatic rings. The van der Waals surface area contributed by atoms with Gasteiger partial charge >= 0.3 is 0 Å². The van der Waals surface area contributed by atoms with Crippen LogP contribution in [0.5, 0.6) is 0 Å². The highest BCUT2D eigenvalue weighted by atomic mass is 15.2. The van der Waals surface area contributed by atoms with Gasteiger partial charge in [0.1, 0.15) is 11.9 Å². The maximum atomic E-state index is 9.28. The van der Waals surface area contributed by atoms with Gasteiger partial charge in [-0.15, -0.1) is 0 Å². The molecule has 0 spiro atoms. The number of hydrogen-bond acceptors (Lipinski definition) is 4. The Bertz CT molecular complexity index is 514. The van der Waals surface area contributed by atoms with E-state index in [1.165, 1.54) is 58.2 Å². The Morgan fingerprint density at radius 2 is 1.95 bits per heavy atom. The van der Waals surface area contributed by atoms with Crippen molar-refractivity contribution in [2.75, 3.05) is 37.6 Å². The van der Waals surface area contributed by atoms with Gasteiger partial charge in [-0.05, 0) is 56.8 Å². The van der Waals surface area contributed by atoms with Crippen molar-refractivity contribution < 1.29 is 0 Å². The third-order valence-electron chi connectivity index (χ3n) is 4.94. The fourth-order valence-corrected chi connectivity index (χ4v) is 3.83. The Morgan fingerprint density at radius 3 is 2.73 bits per heavy atom. The van der Waals surface area contributed by atoms with Gasteiger partial charge in [-0.25, -0.2) is 4.98 Å². The highest BCUT2D eigenvalue weighted by molar-refractivity contribution is 5.53. The first-order valence-electron chi connectivity index (χ1n) is 8.69. The minimum Gasteiger partial charge on any atom is -0.355 e. The topological polar surface area (TPSA) is 43.2 Å². The number of hydrogen-bond donors (Lipinski definition) is 0. The van der Waals surface area contributed by atoms with Gasteiger partial charge in [-0.1, -0.05) is 12.8 Å². The second kappa shape index (κ2) is 7.60. The molecule has 0 amide bonds. The number of anilines is 1. The molecule has 0 saturated carbocycles. The van der Waals surface area contributed by atoms with E-state index in [1.807, 2.05) is 12.1 Å². The minimum absolute atomic E-state index is 0.706. The summed E-state index contributed by atoms with van der Waals surface area (Å²) in [6.45, 7) is 5.82. The molecule has 0 N–H and O–H groups in total. The van der Waals surface area contributed by atoms with Crippen LogP contribution in [0.2, 0.25) is 0 Å². The van der Waals surface area contributed by atoms with E-state index in [9.17, 15) is 5.26 Å². The monoisotopic (exact) mass is 298 g/mol. The summed E-state index contributed by atoms with van der Waals surface area (Å²) in [6, 6.07) is 6.01. The van der Waals surface area contributed by atoms with Gasteiger partial charge in [0, 0.05) is 25.8 Å². The lowest BCUT2D eigenvalue weighted by atomic mass is 9.97. The lowest BCUT2D eigenvalue weighted by Gasteiger charge is -2.36. The first-order valence-corrected chi connectivity index (χ1v) is 8.69. The van der Waals surface area contributed by atoms with Crippen LogP contribution in [0.4, 0.5) is 5.82 Å². The van der Waals surface area contributed by atoms with Gasteiger partial charge in [-0.2, -0.15) is 5.26 Å². The van der Waals surface area contributed by atoms with Gasteiger partial charge in [0.25, 0.3) is 0 Å². The maximum Gasteiger partial charge on any atom is 0.146 e. The van der Waals surface area contributed by atoms with Crippen molar-refractivity contribution in [1.29, 1.82) is 5.26 Å². The van der Waals surface area contributed by atoms with E-state index in [2.05, 4.69) is 20.9 Å². The Morgan fingerprint density at radius 1 is 1.14 bits per heavy atom. The number of aromatic nitrogens is 1. The van der Waals surface area contributed by atoms with E-state index in [4.69, 9.17) is 0 Å². The highest BCUT2D eigenvalue weighted by Crippen LogP contribution is 2.25. The molecule has 0 aromatic carbocycles. The molecule has 0 bridgehead atoms. The molecule has 1 atom stereocenters. The van der Waals surface area contributed by atoms with Crippen LogP contribution in [0.3, 0.4) is 0 Å². The van der Waals surface area contributed by atoms with E-state index < -0.39 is 0 Å². The molecule has 4 heteroatoms. The van der Waals surface area contributed by atoms with Crippen LogP contribution in [-0.4, -0.2) is 42.6 Å². The average molecular weight is 298 g/mol. The van der Waals surface area contributed by atoms with Crippen molar-refractivity contribution in [1.82, 2.24) is 9.88 Å². The molecule has 1 aromatic rings. The number of nitrogens with zero attached hydrogens (tertiary/aromatic N) is 4. The molecule has 3 heterocycles. The smallest absolute Gasteiger partial charge is 0.146 e. The highest BCUT2D eigenvalue weighted by Gasteiger charge is 2.24. The van der Waals surface area contributed by atoms with E-state index in [-0.39, 0.29) is 0 Å². The van der Waals surface area contributed by atoms with E-state index >= 15 is 0 Å². The predicted octanol–water partition coefficient (Wildman–Crippen LogP) is 3.05. The molecule has 22 heavy (non-hydrogen) atoms. The number of rotatable bonds is 3. The van der Waals surface area contributed by atoms with Gasteiger partial charge < -0.3 is 9.80 Å². The third-order valence-corrected chi connectivity index (χ3v) is 4.94. The summed E-state index contributed by atoms with van der Waals surface area (Å²) in [5.74, 6) is 1.59. The van der Waals surface area contributed by atoms with Crippen molar-refractivity contribution in [3.63, 3.8) is 0 Å². The quantitative estimate of drug-likeness (QED) is 0.860. The lowest BCUT2D eigenvalue weighted by molar-refractivity contribution is 0.222. The maximum absolute atomic E-state index is 9.28. The molecule has 0 radical (unpaired) electrons. The Kier molecular flexibility index (Phi) is 5.29. The molecule has 3 rings (SSSR count). The number of likely N-dealkylation sites (tertiary alicyclic amines) is 1. The number of pyridine rings is 1. The standard InChI is InChI=1S/C18H26N4/c19-13-17-8-5-9-20-18(17)22-12-6-7-16(15-22)14-21-10-3-1-2-4-11-21/h5,8-9,16H,1-4,6-7,10-12,14-15H2. The molecule has 4 nitrogen and oxygen atoms in total. The van der Waals surface area contributed by atoms with Crippen LogP contribution in [0.1, 0.15) is 44.1 Å². The predicted molar refractivity (Wildman–Crippen MR) is 88.8 cm³/mol. The Labute approximate surface area is 133 Å². The summed E-state index contributed by atoms with van der Waals surface area (Å²) in [7, 11) is 0. The summed E-state index contributed by atoms with van der Waals surface area (Å²) in [6.07, 6.45) is 9.82. The van der Waals surface area contributed by atoms with Crippen LogP contribution >= 0.6 is 0 Å². The van der Waals surface area contributed by atoms with Gasteiger partial charge in [0.05, 0.1) is 5.56 Å². The molecule has 2 saturated heterocycles. The second-order valence-corrected chi connectivity index (χ2v) is 6.66. The average Bonchev–Trinajstić information content (AvgIpc) is 2.84. The minimum atomic E-state index is 0.706. The molecular weight excluding hydrogens is 272 g/mol. The zero-order valence-electron chi connectivity index (χ0n) is 13.4. The number of nitriles is 1. The molecule has 1 unspecified atom stereocenters. The fourth-order valence-electron chi connectivity index (χ4n) is 3.83. The van der Waals surface area contributed by atoms with Gasteiger partial charge in [-0.3, -0.25) is 0 Å². The molecule has 2 fully saturated rings. The van der Waals surface area contributed by atoms with Crippen molar-refractivity contribution >= 4 is 5.82 Å². The summed E-state index contributed by atoms with van der Waals surface area (Å²) in [5.41, 5.74) is 0.706. The fraction of sp³-hybridized carbons (Fsp3) is 0.667. The van der Waals surface area contributed by atoms with E-state index in [1.54, 1.807) is 6.20 Å². The van der Waals surface area contributed by atoms with Crippen LogP contribution in [-0.2, 0) is 0 Å². The SMILES string of the molecule is N#Cc1cccnc1N1CCCC(CN2CCCCCC2)C1. The second-order valence-electron chi connectivity index (χ2n) is 6.66. The van der Waals surface area contributed by atoms with Gasteiger partial charge in [0.2, 0.25) is 0 Å². The molecule has 118 valence electrons. The largest absolute Gasteiger partial charge is 0.355 e. The van der Waals surface area contributed by atoms with Crippen molar-refractivity contribution in [3.05, 3.63) is 23.9 Å².